The molecule has 3 aromatic heterocycles. The molecule has 4 heterocycles. The summed E-state index contributed by atoms with van der Waals surface area (Å²) in [5.41, 5.74) is 0.945. The van der Waals surface area contributed by atoms with Crippen LogP contribution in [0, 0.1) is 0 Å². The fraction of sp³-hybridized carbons (Fsp3) is 0.368. The van der Waals surface area contributed by atoms with Crippen molar-refractivity contribution in [3.05, 3.63) is 36.5 Å². The van der Waals surface area contributed by atoms with E-state index in [-0.39, 0.29) is 17.4 Å². The summed E-state index contributed by atoms with van der Waals surface area (Å²) >= 11 is 0. The second-order valence-corrected chi connectivity index (χ2v) is 7.42. The van der Waals surface area contributed by atoms with Gasteiger partial charge in [0.25, 0.3) is 5.91 Å². The van der Waals surface area contributed by atoms with Crippen LogP contribution in [0.25, 0.3) is 11.5 Å². The molecule has 0 saturated carbocycles. The van der Waals surface area contributed by atoms with E-state index in [1.165, 1.54) is 24.6 Å². The number of nitrogens with zero attached hydrogens (tertiary/aromatic N) is 6. The number of aryl methyl sites for hydroxylation is 1. The maximum atomic E-state index is 12.7. The molecule has 0 aliphatic carbocycles. The molecular weight excluding hydrogens is 429 g/mol. The molecule has 0 radical (unpaired) electrons. The monoisotopic (exact) mass is 450 g/mol. The van der Waals surface area contributed by atoms with Gasteiger partial charge in [0.2, 0.25) is 5.89 Å². The third kappa shape index (κ3) is 4.99. The van der Waals surface area contributed by atoms with Crippen LogP contribution >= 0.6 is 0 Å². The molecule has 2 N–H and O–H groups in total. The Morgan fingerprint density at radius 3 is 2.81 bits per heavy atom. The molecule has 0 unspecified atom stereocenters. The molecule has 0 bridgehead atoms. The quantitative estimate of drug-likeness (QED) is 0.590. The van der Waals surface area contributed by atoms with Gasteiger partial charge in [0.05, 0.1) is 12.9 Å². The Morgan fingerprint density at radius 1 is 1.28 bits per heavy atom. The third-order valence-corrected chi connectivity index (χ3v) is 4.73. The van der Waals surface area contributed by atoms with Crippen molar-refractivity contribution in [3.8, 4) is 11.5 Å². The number of carbonyl (C=O) groups excluding carboxylic acids is 1. The highest BCUT2D eigenvalue weighted by Crippen LogP contribution is 2.27. The number of carbonyl (C=O) groups is 1. The van der Waals surface area contributed by atoms with Crippen molar-refractivity contribution in [1.82, 2.24) is 24.6 Å². The molecule has 170 valence electrons. The molecule has 4 rings (SSSR count). The summed E-state index contributed by atoms with van der Waals surface area (Å²) in [5.74, 6) is 0.259. The van der Waals surface area contributed by atoms with Gasteiger partial charge in [-0.1, -0.05) is 0 Å². The van der Waals surface area contributed by atoms with Crippen molar-refractivity contribution in [2.24, 2.45) is 7.05 Å². The number of hydrogen-bond donors (Lipinski definition) is 2. The first-order chi connectivity index (χ1) is 15.2. The van der Waals surface area contributed by atoms with E-state index in [9.17, 15) is 18.0 Å². The van der Waals surface area contributed by atoms with Gasteiger partial charge in [-0.05, 0) is 19.2 Å². The van der Waals surface area contributed by atoms with Crippen molar-refractivity contribution in [2.45, 2.75) is 6.18 Å². The van der Waals surface area contributed by atoms with E-state index in [0.29, 0.717) is 23.7 Å². The zero-order chi connectivity index (χ0) is 22.9. The Bertz CT molecular complexity index is 1110. The number of oxazole rings is 1. The van der Waals surface area contributed by atoms with Crippen LogP contribution < -0.4 is 15.5 Å². The van der Waals surface area contributed by atoms with Crippen LogP contribution in [0.15, 0.2) is 35.2 Å². The summed E-state index contributed by atoms with van der Waals surface area (Å²) in [4.78, 5) is 24.9. The lowest BCUT2D eigenvalue weighted by molar-refractivity contribution is -0.115. The summed E-state index contributed by atoms with van der Waals surface area (Å²) < 4.78 is 44.2. The first kappa shape index (κ1) is 21.6. The molecule has 1 aliphatic rings. The third-order valence-electron chi connectivity index (χ3n) is 4.73. The van der Waals surface area contributed by atoms with Gasteiger partial charge in [-0.2, -0.15) is 18.3 Å². The van der Waals surface area contributed by atoms with E-state index in [4.69, 9.17) is 4.42 Å². The van der Waals surface area contributed by atoms with Crippen molar-refractivity contribution >= 4 is 23.2 Å². The molecule has 10 nitrogen and oxygen atoms in total. The lowest BCUT2D eigenvalue weighted by Gasteiger charge is -2.16. The lowest BCUT2D eigenvalue weighted by atomic mass is 10.2. The van der Waals surface area contributed by atoms with Crippen molar-refractivity contribution in [3.63, 3.8) is 0 Å². The summed E-state index contributed by atoms with van der Waals surface area (Å²) in [6.45, 7) is 1.16. The standard InChI is InChI=1S/C19H21F3N8O2/c1-28-5-6-30(11-28)16-13(8-29(2)27-16)25-17(31)14-9-32-18(26-14)12-3-4-23-15(7-12)24-10-19(20,21)22/h3-4,7-9H,5-6,10-11H2,1-2H3,(H,23,24)(H,25,31). The van der Waals surface area contributed by atoms with Crippen molar-refractivity contribution in [1.29, 1.82) is 0 Å². The van der Waals surface area contributed by atoms with Gasteiger partial charge < -0.3 is 20.0 Å². The predicted octanol–water partition coefficient (Wildman–Crippen LogP) is 2.41. The fourth-order valence-corrected chi connectivity index (χ4v) is 3.24. The van der Waals surface area contributed by atoms with Crippen LogP contribution in [0.3, 0.4) is 0 Å². The van der Waals surface area contributed by atoms with Gasteiger partial charge in [0.15, 0.2) is 11.5 Å². The number of amides is 1. The number of hydrogen-bond acceptors (Lipinski definition) is 8. The van der Waals surface area contributed by atoms with Crippen LogP contribution in [-0.2, 0) is 7.05 Å². The molecule has 0 atom stereocenters. The number of anilines is 3. The molecule has 32 heavy (non-hydrogen) atoms. The van der Waals surface area contributed by atoms with E-state index in [1.807, 2.05) is 7.05 Å². The molecule has 1 saturated heterocycles. The topological polar surface area (TPSA) is 104 Å². The number of rotatable bonds is 6. The normalized spacial score (nSPS) is 14.7. The minimum absolute atomic E-state index is 0.0135. The average Bonchev–Trinajstić information content (AvgIpc) is 3.46. The molecule has 1 aliphatic heterocycles. The smallest absolute Gasteiger partial charge is 0.405 e. The highest BCUT2D eigenvalue weighted by atomic mass is 19.4. The number of halogens is 3. The first-order valence-corrected chi connectivity index (χ1v) is 9.69. The molecule has 1 amide bonds. The van der Waals surface area contributed by atoms with Gasteiger partial charge >= 0.3 is 6.18 Å². The maximum absolute atomic E-state index is 12.7. The van der Waals surface area contributed by atoms with Gasteiger partial charge in [-0.15, -0.1) is 0 Å². The van der Waals surface area contributed by atoms with Crippen molar-refractivity contribution < 1.29 is 22.4 Å². The van der Waals surface area contributed by atoms with E-state index in [0.717, 1.165) is 13.1 Å². The lowest BCUT2D eigenvalue weighted by Crippen LogP contribution is -2.24. The zero-order valence-electron chi connectivity index (χ0n) is 17.3. The Kier molecular flexibility index (Phi) is 5.74. The van der Waals surface area contributed by atoms with Gasteiger partial charge in [0, 0.05) is 31.9 Å². The molecule has 0 aromatic carbocycles. The van der Waals surface area contributed by atoms with E-state index in [2.05, 4.69) is 35.5 Å². The Hall–Kier alpha value is -3.61. The van der Waals surface area contributed by atoms with Crippen LogP contribution in [0.2, 0.25) is 0 Å². The number of alkyl halides is 3. The largest absolute Gasteiger partial charge is 0.444 e. The molecule has 13 heteroatoms. The van der Waals surface area contributed by atoms with Crippen LogP contribution in [0.1, 0.15) is 10.5 Å². The van der Waals surface area contributed by atoms with Gasteiger partial charge in [0.1, 0.15) is 24.3 Å². The van der Waals surface area contributed by atoms with Gasteiger partial charge in [-0.25, -0.2) is 9.97 Å². The van der Waals surface area contributed by atoms with Crippen LogP contribution in [0.5, 0.6) is 0 Å². The molecular formula is C19H21F3N8O2. The SMILES string of the molecule is CN1CCN(c2nn(C)cc2NC(=O)c2coc(-c3ccnc(NCC(F)(F)F)c3)n2)C1. The summed E-state index contributed by atoms with van der Waals surface area (Å²) in [7, 11) is 3.77. The highest BCUT2D eigenvalue weighted by Gasteiger charge is 2.27. The second kappa shape index (κ2) is 8.49. The van der Waals surface area contributed by atoms with Crippen LogP contribution in [-0.4, -0.2) is 70.1 Å². The minimum Gasteiger partial charge on any atom is -0.444 e. The Balaban J connectivity index is 1.47. The summed E-state index contributed by atoms with van der Waals surface area (Å²) in [5, 5.41) is 9.43. The number of likely N-dealkylation sites (N-methyl/N-ethyl adjacent to an activating group) is 1. The molecule has 3 aromatic rings. The summed E-state index contributed by atoms with van der Waals surface area (Å²) in [6.07, 6.45) is -0.157. The average molecular weight is 450 g/mol. The fourth-order valence-electron chi connectivity index (χ4n) is 3.24. The van der Waals surface area contributed by atoms with E-state index in [1.54, 1.807) is 17.9 Å². The molecule has 1 fully saturated rings. The predicted molar refractivity (Wildman–Crippen MR) is 110 cm³/mol. The highest BCUT2D eigenvalue weighted by molar-refractivity contribution is 6.04. The Morgan fingerprint density at radius 2 is 2.09 bits per heavy atom. The van der Waals surface area contributed by atoms with Crippen molar-refractivity contribution in [2.75, 3.05) is 48.9 Å². The van der Waals surface area contributed by atoms with E-state index >= 15 is 0 Å². The summed E-state index contributed by atoms with van der Waals surface area (Å²) in [6, 6.07) is 2.89. The first-order valence-electron chi connectivity index (χ1n) is 9.69. The molecule has 0 spiro atoms. The number of nitrogens with one attached hydrogen (secondary N) is 2. The minimum atomic E-state index is -4.37. The van der Waals surface area contributed by atoms with Crippen LogP contribution in [0.4, 0.5) is 30.5 Å². The van der Waals surface area contributed by atoms with Gasteiger partial charge in [-0.3, -0.25) is 14.4 Å². The number of aromatic nitrogens is 4. The maximum Gasteiger partial charge on any atom is 0.405 e. The number of pyridine rings is 1. The zero-order valence-corrected chi connectivity index (χ0v) is 17.3. The second-order valence-electron chi connectivity index (χ2n) is 7.42. The van der Waals surface area contributed by atoms with E-state index < -0.39 is 18.6 Å². The Labute approximate surface area is 181 Å².